The second-order valence-corrected chi connectivity index (χ2v) is 6.29. The van der Waals surface area contributed by atoms with E-state index < -0.39 is 0 Å². The van der Waals surface area contributed by atoms with Crippen LogP contribution < -0.4 is 16.0 Å². The molecule has 0 unspecified atom stereocenters. The van der Waals surface area contributed by atoms with Crippen molar-refractivity contribution in [2.45, 2.75) is 19.8 Å². The van der Waals surface area contributed by atoms with Gasteiger partial charge in [0.05, 0.1) is 0 Å². The van der Waals surface area contributed by atoms with Gasteiger partial charge in [0, 0.05) is 35.7 Å². The average Bonchev–Trinajstić information content (AvgIpc) is 2.57. The highest BCUT2D eigenvalue weighted by molar-refractivity contribution is 6.04. The largest absolute Gasteiger partial charge is 0.399 e. The summed E-state index contributed by atoms with van der Waals surface area (Å²) in [4.78, 5) is 14.6. The summed E-state index contributed by atoms with van der Waals surface area (Å²) in [6, 6.07) is 15.0. The lowest BCUT2D eigenvalue weighted by Gasteiger charge is -2.32. The molecular weight excluding hydrogens is 286 g/mol. The molecule has 0 aromatic heterocycles. The standard InChI is InChI=1S/C19H23N3O/c1-14-10-12-22(13-11-14)18-8-6-17(7-9-18)21-19(23)15-2-4-16(20)5-3-15/h2-9,14H,10-13,20H2,1H3,(H,21,23). The number of piperidine rings is 1. The number of carbonyl (C=O) groups is 1. The second kappa shape index (κ2) is 6.73. The smallest absolute Gasteiger partial charge is 0.255 e. The summed E-state index contributed by atoms with van der Waals surface area (Å²) in [5.41, 5.74) is 8.93. The van der Waals surface area contributed by atoms with Gasteiger partial charge in [0.1, 0.15) is 0 Å². The molecule has 0 atom stereocenters. The summed E-state index contributed by atoms with van der Waals surface area (Å²) >= 11 is 0. The Balaban J connectivity index is 1.63. The van der Waals surface area contributed by atoms with E-state index in [-0.39, 0.29) is 5.91 Å². The van der Waals surface area contributed by atoms with Crippen LogP contribution in [0.25, 0.3) is 0 Å². The third kappa shape index (κ3) is 3.83. The number of rotatable bonds is 3. The zero-order valence-electron chi connectivity index (χ0n) is 13.5. The third-order valence-corrected chi connectivity index (χ3v) is 4.45. The van der Waals surface area contributed by atoms with Crippen molar-refractivity contribution < 1.29 is 4.79 Å². The van der Waals surface area contributed by atoms with Gasteiger partial charge >= 0.3 is 0 Å². The molecule has 0 spiro atoms. The first-order chi connectivity index (χ1) is 11.1. The summed E-state index contributed by atoms with van der Waals surface area (Å²) < 4.78 is 0. The highest BCUT2D eigenvalue weighted by atomic mass is 16.1. The molecule has 0 radical (unpaired) electrons. The van der Waals surface area contributed by atoms with Crippen molar-refractivity contribution in [3.8, 4) is 0 Å². The molecule has 1 fully saturated rings. The number of benzene rings is 2. The van der Waals surface area contributed by atoms with Crippen molar-refractivity contribution in [3.05, 3.63) is 54.1 Å². The van der Waals surface area contributed by atoms with E-state index >= 15 is 0 Å². The predicted octanol–water partition coefficient (Wildman–Crippen LogP) is 3.76. The number of amides is 1. The van der Waals surface area contributed by atoms with Crippen molar-refractivity contribution in [1.29, 1.82) is 0 Å². The monoisotopic (exact) mass is 309 g/mol. The Morgan fingerprint density at radius 2 is 1.65 bits per heavy atom. The number of nitrogens with one attached hydrogen (secondary N) is 1. The van der Waals surface area contributed by atoms with Crippen LogP contribution in [-0.4, -0.2) is 19.0 Å². The van der Waals surface area contributed by atoms with Crippen molar-refractivity contribution >= 4 is 23.0 Å². The third-order valence-electron chi connectivity index (χ3n) is 4.45. The minimum absolute atomic E-state index is 0.121. The van der Waals surface area contributed by atoms with E-state index in [1.54, 1.807) is 24.3 Å². The number of nitrogens with zero attached hydrogens (tertiary/aromatic N) is 1. The van der Waals surface area contributed by atoms with E-state index in [1.165, 1.54) is 18.5 Å². The van der Waals surface area contributed by atoms with Crippen molar-refractivity contribution in [3.63, 3.8) is 0 Å². The molecule has 0 bridgehead atoms. The van der Waals surface area contributed by atoms with Crippen molar-refractivity contribution in [2.75, 3.05) is 29.0 Å². The van der Waals surface area contributed by atoms with Gasteiger partial charge in [-0.1, -0.05) is 6.92 Å². The second-order valence-electron chi connectivity index (χ2n) is 6.29. The first-order valence-corrected chi connectivity index (χ1v) is 8.14. The molecule has 1 amide bonds. The maximum atomic E-state index is 12.2. The molecule has 0 aliphatic carbocycles. The van der Waals surface area contributed by atoms with E-state index in [1.807, 2.05) is 12.1 Å². The Hall–Kier alpha value is -2.49. The molecule has 1 aliphatic heterocycles. The van der Waals surface area contributed by atoms with Crippen LogP contribution in [-0.2, 0) is 0 Å². The van der Waals surface area contributed by atoms with Gasteiger partial charge in [0.2, 0.25) is 0 Å². The number of nitrogens with two attached hydrogens (primary N) is 1. The highest BCUT2D eigenvalue weighted by Crippen LogP contribution is 2.24. The lowest BCUT2D eigenvalue weighted by Crippen LogP contribution is -2.32. The number of carbonyl (C=O) groups excluding carboxylic acids is 1. The molecule has 1 aliphatic rings. The summed E-state index contributed by atoms with van der Waals surface area (Å²) in [5.74, 6) is 0.703. The highest BCUT2D eigenvalue weighted by Gasteiger charge is 2.16. The summed E-state index contributed by atoms with van der Waals surface area (Å²) in [5, 5.41) is 2.92. The fraction of sp³-hybridized carbons (Fsp3) is 0.316. The molecule has 2 aromatic rings. The summed E-state index contributed by atoms with van der Waals surface area (Å²) in [6.07, 6.45) is 2.49. The van der Waals surface area contributed by atoms with Crippen LogP contribution in [0.2, 0.25) is 0 Å². The molecule has 0 saturated carbocycles. The maximum absolute atomic E-state index is 12.2. The molecule has 1 heterocycles. The van der Waals surface area contributed by atoms with Crippen molar-refractivity contribution in [2.24, 2.45) is 5.92 Å². The molecule has 23 heavy (non-hydrogen) atoms. The fourth-order valence-electron chi connectivity index (χ4n) is 2.86. The SMILES string of the molecule is CC1CCN(c2ccc(NC(=O)c3ccc(N)cc3)cc2)CC1. The molecule has 1 saturated heterocycles. The van der Waals surface area contributed by atoms with Crippen LogP contribution in [0.4, 0.5) is 17.1 Å². The molecule has 2 aromatic carbocycles. The van der Waals surface area contributed by atoms with E-state index in [0.29, 0.717) is 11.3 Å². The topological polar surface area (TPSA) is 58.4 Å². The maximum Gasteiger partial charge on any atom is 0.255 e. The number of hydrogen-bond acceptors (Lipinski definition) is 3. The van der Waals surface area contributed by atoms with Crippen LogP contribution in [0.15, 0.2) is 48.5 Å². The molecule has 4 heteroatoms. The van der Waals surface area contributed by atoms with Gasteiger partial charge in [0.15, 0.2) is 0 Å². The molecular formula is C19H23N3O. The molecule has 120 valence electrons. The molecule has 4 nitrogen and oxygen atoms in total. The normalized spacial score (nSPS) is 15.4. The minimum atomic E-state index is -0.121. The first-order valence-electron chi connectivity index (χ1n) is 8.14. The number of hydrogen-bond donors (Lipinski definition) is 2. The van der Waals surface area contributed by atoms with Gasteiger partial charge in [-0.15, -0.1) is 0 Å². The molecule has 3 rings (SSSR count). The Kier molecular flexibility index (Phi) is 4.51. The van der Waals surface area contributed by atoms with Gasteiger partial charge in [0.25, 0.3) is 5.91 Å². The summed E-state index contributed by atoms with van der Waals surface area (Å²) in [6.45, 7) is 4.53. The van der Waals surface area contributed by atoms with Crippen LogP contribution in [0.1, 0.15) is 30.1 Å². The molecule has 3 N–H and O–H groups in total. The number of nitrogen functional groups attached to an aromatic ring is 1. The Morgan fingerprint density at radius 3 is 2.26 bits per heavy atom. The van der Waals surface area contributed by atoms with Crippen LogP contribution in [0.3, 0.4) is 0 Å². The van der Waals surface area contributed by atoms with E-state index in [0.717, 1.165) is 24.7 Å². The predicted molar refractivity (Wildman–Crippen MR) is 95.9 cm³/mol. The lowest BCUT2D eigenvalue weighted by molar-refractivity contribution is 0.102. The zero-order chi connectivity index (χ0) is 16.2. The fourth-order valence-corrected chi connectivity index (χ4v) is 2.86. The Bertz CT molecular complexity index is 656. The van der Waals surface area contributed by atoms with Crippen LogP contribution >= 0.6 is 0 Å². The van der Waals surface area contributed by atoms with E-state index in [4.69, 9.17) is 5.73 Å². The van der Waals surface area contributed by atoms with Gasteiger partial charge in [-0.3, -0.25) is 4.79 Å². The summed E-state index contributed by atoms with van der Waals surface area (Å²) in [7, 11) is 0. The van der Waals surface area contributed by atoms with Gasteiger partial charge in [-0.25, -0.2) is 0 Å². The van der Waals surface area contributed by atoms with Crippen LogP contribution in [0.5, 0.6) is 0 Å². The van der Waals surface area contributed by atoms with Crippen molar-refractivity contribution in [1.82, 2.24) is 0 Å². The first kappa shape index (κ1) is 15.4. The van der Waals surface area contributed by atoms with Crippen LogP contribution in [0, 0.1) is 5.92 Å². The van der Waals surface area contributed by atoms with E-state index in [9.17, 15) is 4.79 Å². The lowest BCUT2D eigenvalue weighted by atomic mass is 9.99. The quantitative estimate of drug-likeness (QED) is 0.849. The Morgan fingerprint density at radius 1 is 1.04 bits per heavy atom. The van der Waals surface area contributed by atoms with E-state index in [2.05, 4.69) is 29.3 Å². The minimum Gasteiger partial charge on any atom is -0.399 e. The van der Waals surface area contributed by atoms with Gasteiger partial charge in [-0.05, 0) is 67.3 Å². The number of anilines is 3. The average molecular weight is 309 g/mol. The zero-order valence-corrected chi connectivity index (χ0v) is 13.5. The van der Waals surface area contributed by atoms with Gasteiger partial charge < -0.3 is 16.0 Å². The van der Waals surface area contributed by atoms with Gasteiger partial charge in [-0.2, -0.15) is 0 Å². The Labute approximate surface area is 137 Å².